The van der Waals surface area contributed by atoms with E-state index in [4.69, 9.17) is 5.14 Å². The first-order valence-electron chi connectivity index (χ1n) is 8.04. The van der Waals surface area contributed by atoms with Crippen molar-refractivity contribution in [2.24, 2.45) is 5.14 Å². The summed E-state index contributed by atoms with van der Waals surface area (Å²) in [5, 5.41) is 8.06. The molecule has 1 amide bonds. The maximum atomic E-state index is 12.2. The van der Waals surface area contributed by atoms with Gasteiger partial charge in [-0.25, -0.2) is 13.6 Å². The second-order valence-corrected chi connectivity index (χ2v) is 7.95. The fourth-order valence-electron chi connectivity index (χ4n) is 3.04. The van der Waals surface area contributed by atoms with Crippen molar-refractivity contribution in [3.63, 3.8) is 0 Å². The molecule has 128 valence electrons. The highest BCUT2D eigenvalue weighted by molar-refractivity contribution is 7.89. The van der Waals surface area contributed by atoms with E-state index in [-0.39, 0.29) is 16.8 Å². The third-order valence-electron chi connectivity index (χ3n) is 4.56. The Morgan fingerprint density at radius 3 is 2.57 bits per heavy atom. The van der Waals surface area contributed by atoms with Crippen LogP contribution >= 0.6 is 0 Å². The Morgan fingerprint density at radius 1 is 1.35 bits per heavy atom. The fourth-order valence-corrected chi connectivity index (χ4v) is 3.56. The lowest BCUT2D eigenvalue weighted by Crippen LogP contribution is -3.17. The SMILES string of the molecule is C[C@H](NC(=O)C[NH+]1CCCC[C@H]1C)c1ccc(S(N)(=O)=O)cc1. The van der Waals surface area contributed by atoms with Gasteiger partial charge in [-0.1, -0.05) is 12.1 Å². The number of carbonyl (C=O) groups excluding carboxylic acids is 1. The number of piperidine rings is 1. The van der Waals surface area contributed by atoms with Crippen LogP contribution in [0, 0.1) is 0 Å². The monoisotopic (exact) mass is 340 g/mol. The van der Waals surface area contributed by atoms with Crippen molar-refractivity contribution in [1.29, 1.82) is 0 Å². The third-order valence-corrected chi connectivity index (χ3v) is 5.48. The molecule has 1 aliphatic rings. The van der Waals surface area contributed by atoms with E-state index < -0.39 is 10.0 Å². The van der Waals surface area contributed by atoms with Crippen LogP contribution in [0.4, 0.5) is 0 Å². The molecule has 23 heavy (non-hydrogen) atoms. The van der Waals surface area contributed by atoms with Gasteiger partial charge in [-0.05, 0) is 50.8 Å². The lowest BCUT2D eigenvalue weighted by Gasteiger charge is -2.30. The first kappa shape index (κ1) is 17.9. The van der Waals surface area contributed by atoms with Crippen LogP contribution < -0.4 is 15.4 Å². The Bertz CT molecular complexity index is 643. The van der Waals surface area contributed by atoms with Crippen LogP contribution in [-0.2, 0) is 14.8 Å². The van der Waals surface area contributed by atoms with Gasteiger partial charge in [-0.3, -0.25) is 4.79 Å². The maximum absolute atomic E-state index is 12.2. The molecule has 1 aromatic rings. The summed E-state index contributed by atoms with van der Waals surface area (Å²) in [6, 6.07) is 6.65. The van der Waals surface area contributed by atoms with Gasteiger partial charge in [0.2, 0.25) is 10.0 Å². The Kier molecular flexibility index (Phi) is 5.78. The second kappa shape index (κ2) is 7.42. The number of rotatable bonds is 5. The molecule has 0 radical (unpaired) electrons. The normalized spacial score (nSPS) is 23.3. The van der Waals surface area contributed by atoms with Gasteiger partial charge in [0, 0.05) is 0 Å². The highest BCUT2D eigenvalue weighted by Gasteiger charge is 2.24. The van der Waals surface area contributed by atoms with Gasteiger partial charge < -0.3 is 10.2 Å². The van der Waals surface area contributed by atoms with E-state index >= 15 is 0 Å². The molecule has 7 heteroatoms. The Labute approximate surface area is 138 Å². The number of hydrogen-bond acceptors (Lipinski definition) is 3. The molecule has 0 saturated carbocycles. The number of nitrogens with two attached hydrogens (primary N) is 1. The van der Waals surface area contributed by atoms with Gasteiger partial charge in [-0.2, -0.15) is 0 Å². The number of hydrogen-bond donors (Lipinski definition) is 3. The average molecular weight is 340 g/mol. The van der Waals surface area contributed by atoms with Crippen LogP contribution in [0.25, 0.3) is 0 Å². The molecule has 4 N–H and O–H groups in total. The average Bonchev–Trinajstić information content (AvgIpc) is 2.49. The van der Waals surface area contributed by atoms with Crippen LogP contribution in [0.2, 0.25) is 0 Å². The summed E-state index contributed by atoms with van der Waals surface area (Å²) >= 11 is 0. The Hall–Kier alpha value is -1.44. The van der Waals surface area contributed by atoms with E-state index in [1.165, 1.54) is 36.3 Å². The molecule has 2 rings (SSSR count). The Morgan fingerprint density at radius 2 is 2.00 bits per heavy atom. The van der Waals surface area contributed by atoms with Crippen molar-refractivity contribution < 1.29 is 18.1 Å². The molecule has 0 aromatic heterocycles. The van der Waals surface area contributed by atoms with Gasteiger partial charge in [-0.15, -0.1) is 0 Å². The minimum Gasteiger partial charge on any atom is -0.345 e. The summed E-state index contributed by atoms with van der Waals surface area (Å²) in [5.41, 5.74) is 0.854. The lowest BCUT2D eigenvalue weighted by molar-refractivity contribution is -0.921. The molecule has 0 aliphatic carbocycles. The smallest absolute Gasteiger partial charge is 0.275 e. The van der Waals surface area contributed by atoms with Gasteiger partial charge in [0.1, 0.15) is 0 Å². The first-order valence-corrected chi connectivity index (χ1v) is 9.58. The molecule has 0 spiro atoms. The van der Waals surface area contributed by atoms with E-state index in [1.807, 2.05) is 6.92 Å². The highest BCUT2D eigenvalue weighted by atomic mass is 32.2. The van der Waals surface area contributed by atoms with Crippen LogP contribution in [0.1, 0.15) is 44.7 Å². The van der Waals surface area contributed by atoms with E-state index in [0.717, 1.165) is 12.1 Å². The highest BCUT2D eigenvalue weighted by Crippen LogP contribution is 2.15. The number of primary sulfonamides is 1. The molecule has 1 aromatic carbocycles. The first-order chi connectivity index (χ1) is 10.8. The number of sulfonamides is 1. The lowest BCUT2D eigenvalue weighted by atomic mass is 10.0. The molecular formula is C16H26N3O3S+. The Balaban J connectivity index is 1.93. The molecule has 1 saturated heterocycles. The number of likely N-dealkylation sites (tertiary alicyclic amines) is 1. The van der Waals surface area contributed by atoms with Crippen molar-refractivity contribution >= 4 is 15.9 Å². The standard InChI is InChI=1S/C16H25N3O3S/c1-12-5-3-4-10-19(12)11-16(20)18-13(2)14-6-8-15(9-7-14)23(17,21)22/h6-9,12-13H,3-5,10-11H2,1-2H3,(H,18,20)(H2,17,21,22)/p+1/t12-,13+/m1/s1. The topological polar surface area (TPSA) is 93.7 Å². The van der Waals surface area contributed by atoms with Crippen molar-refractivity contribution in [3.8, 4) is 0 Å². The predicted molar refractivity (Wildman–Crippen MR) is 88.4 cm³/mol. The summed E-state index contributed by atoms with van der Waals surface area (Å²) in [4.78, 5) is 13.6. The maximum Gasteiger partial charge on any atom is 0.275 e. The molecular weight excluding hydrogens is 314 g/mol. The molecule has 1 heterocycles. The number of quaternary nitrogens is 1. The van der Waals surface area contributed by atoms with Gasteiger partial charge in [0.25, 0.3) is 5.91 Å². The van der Waals surface area contributed by atoms with Crippen LogP contribution in [0.15, 0.2) is 29.2 Å². The molecule has 1 aliphatic heterocycles. The molecule has 6 nitrogen and oxygen atoms in total. The van der Waals surface area contributed by atoms with Crippen molar-refractivity contribution in [3.05, 3.63) is 29.8 Å². The van der Waals surface area contributed by atoms with Crippen LogP contribution in [0.5, 0.6) is 0 Å². The van der Waals surface area contributed by atoms with E-state index in [1.54, 1.807) is 12.1 Å². The number of benzene rings is 1. The van der Waals surface area contributed by atoms with Gasteiger partial charge in [0.05, 0.1) is 23.5 Å². The summed E-state index contributed by atoms with van der Waals surface area (Å²) in [6.07, 6.45) is 3.60. The zero-order chi connectivity index (χ0) is 17.0. The largest absolute Gasteiger partial charge is 0.345 e. The zero-order valence-corrected chi connectivity index (χ0v) is 14.5. The summed E-state index contributed by atoms with van der Waals surface area (Å²) in [5.74, 6) is 0.0248. The molecule has 1 unspecified atom stereocenters. The summed E-state index contributed by atoms with van der Waals surface area (Å²) in [6.45, 7) is 5.61. The molecule has 3 atom stereocenters. The van der Waals surface area contributed by atoms with Crippen molar-refractivity contribution in [2.45, 2.75) is 50.1 Å². The van der Waals surface area contributed by atoms with E-state index in [2.05, 4.69) is 12.2 Å². The summed E-state index contributed by atoms with van der Waals surface area (Å²) in [7, 11) is -3.68. The van der Waals surface area contributed by atoms with Crippen molar-refractivity contribution in [2.75, 3.05) is 13.1 Å². The minimum atomic E-state index is -3.68. The molecule has 1 fully saturated rings. The van der Waals surface area contributed by atoms with Crippen LogP contribution in [-0.4, -0.2) is 33.5 Å². The fraction of sp³-hybridized carbons (Fsp3) is 0.562. The third kappa shape index (κ3) is 5.02. The summed E-state index contributed by atoms with van der Waals surface area (Å²) < 4.78 is 22.5. The molecule has 0 bridgehead atoms. The second-order valence-electron chi connectivity index (χ2n) is 6.39. The van der Waals surface area contributed by atoms with Crippen molar-refractivity contribution in [1.82, 2.24) is 5.32 Å². The quantitative estimate of drug-likeness (QED) is 0.702. The van der Waals surface area contributed by atoms with Crippen LogP contribution in [0.3, 0.4) is 0 Å². The number of nitrogens with one attached hydrogen (secondary N) is 2. The predicted octanol–water partition coefficient (Wildman–Crippen LogP) is -0.0315. The number of carbonyl (C=O) groups is 1. The zero-order valence-electron chi connectivity index (χ0n) is 13.7. The van der Waals surface area contributed by atoms with E-state index in [9.17, 15) is 13.2 Å². The van der Waals surface area contributed by atoms with Gasteiger partial charge in [0.15, 0.2) is 6.54 Å². The number of amides is 1. The van der Waals surface area contributed by atoms with E-state index in [0.29, 0.717) is 12.6 Å². The van der Waals surface area contributed by atoms with Gasteiger partial charge >= 0.3 is 0 Å². The minimum absolute atomic E-state index is 0.0248.